The van der Waals surface area contributed by atoms with E-state index < -0.39 is 5.54 Å². The van der Waals surface area contributed by atoms with Gasteiger partial charge in [-0.05, 0) is 25.8 Å². The lowest BCUT2D eigenvalue weighted by Gasteiger charge is -2.23. The summed E-state index contributed by atoms with van der Waals surface area (Å²) in [5.74, 6) is 0.659. The second-order valence-electron chi connectivity index (χ2n) is 4.88. The van der Waals surface area contributed by atoms with Crippen molar-refractivity contribution in [3.63, 3.8) is 0 Å². The van der Waals surface area contributed by atoms with Crippen molar-refractivity contribution in [3.8, 4) is 6.07 Å². The average Bonchev–Trinajstić information content (AvgIpc) is 2.36. The van der Waals surface area contributed by atoms with Crippen LogP contribution >= 0.6 is 0 Å². The molecular formula is C14H28N2O. The zero-order valence-corrected chi connectivity index (χ0v) is 11.9. The Morgan fingerprint density at radius 3 is 2.41 bits per heavy atom. The second kappa shape index (κ2) is 9.44. The quantitative estimate of drug-likeness (QED) is 0.597. The van der Waals surface area contributed by atoms with Crippen LogP contribution in [0.25, 0.3) is 0 Å². The minimum Gasteiger partial charge on any atom is -0.381 e. The molecule has 0 bridgehead atoms. The average molecular weight is 240 g/mol. The first kappa shape index (κ1) is 16.4. The Morgan fingerprint density at radius 2 is 1.94 bits per heavy atom. The molecule has 1 atom stereocenters. The third kappa shape index (κ3) is 7.36. The maximum Gasteiger partial charge on any atom is 0.106 e. The van der Waals surface area contributed by atoms with Gasteiger partial charge in [0.1, 0.15) is 5.54 Å². The van der Waals surface area contributed by atoms with Gasteiger partial charge in [-0.1, -0.05) is 33.6 Å². The Kier molecular flexibility index (Phi) is 9.11. The van der Waals surface area contributed by atoms with Crippen LogP contribution in [0.2, 0.25) is 0 Å². The smallest absolute Gasteiger partial charge is 0.106 e. The molecule has 0 aromatic heterocycles. The lowest BCUT2D eigenvalue weighted by atomic mass is 10.0. The van der Waals surface area contributed by atoms with Crippen LogP contribution in [0.4, 0.5) is 0 Å². The van der Waals surface area contributed by atoms with Gasteiger partial charge in [-0.25, -0.2) is 0 Å². The highest BCUT2D eigenvalue weighted by molar-refractivity contribution is 5.03. The summed E-state index contributed by atoms with van der Waals surface area (Å²) in [6.07, 6.45) is 4.13. The van der Waals surface area contributed by atoms with Crippen LogP contribution in [0.15, 0.2) is 0 Å². The van der Waals surface area contributed by atoms with Crippen molar-refractivity contribution in [1.82, 2.24) is 5.32 Å². The van der Waals surface area contributed by atoms with Crippen molar-refractivity contribution in [3.05, 3.63) is 0 Å². The third-order valence-electron chi connectivity index (χ3n) is 3.27. The fourth-order valence-corrected chi connectivity index (χ4v) is 1.64. The Labute approximate surface area is 107 Å². The van der Waals surface area contributed by atoms with Gasteiger partial charge in [-0.15, -0.1) is 0 Å². The van der Waals surface area contributed by atoms with Crippen molar-refractivity contribution in [2.75, 3.05) is 19.8 Å². The number of hydrogen-bond acceptors (Lipinski definition) is 3. The fraction of sp³-hybridized carbons (Fsp3) is 0.929. The van der Waals surface area contributed by atoms with Crippen LogP contribution in [0.5, 0.6) is 0 Å². The molecule has 0 aromatic rings. The molecule has 3 heteroatoms. The van der Waals surface area contributed by atoms with E-state index in [2.05, 4.69) is 32.2 Å². The van der Waals surface area contributed by atoms with Crippen molar-refractivity contribution in [2.24, 2.45) is 5.92 Å². The normalized spacial score (nSPS) is 14.6. The van der Waals surface area contributed by atoms with Gasteiger partial charge in [-0.3, -0.25) is 5.32 Å². The predicted molar refractivity (Wildman–Crippen MR) is 71.8 cm³/mol. The molecule has 0 amide bonds. The minimum absolute atomic E-state index is 0.441. The molecule has 0 heterocycles. The minimum atomic E-state index is -0.441. The molecule has 0 fully saturated rings. The number of rotatable bonds is 10. The number of nitrogens with zero attached hydrogens (tertiary/aromatic N) is 1. The maximum atomic E-state index is 9.14. The van der Waals surface area contributed by atoms with Gasteiger partial charge >= 0.3 is 0 Å². The number of ether oxygens (including phenoxy) is 1. The summed E-state index contributed by atoms with van der Waals surface area (Å²) < 4.78 is 5.66. The number of nitrogens with one attached hydrogen (secondary N) is 1. The first-order chi connectivity index (χ1) is 8.11. The molecule has 0 aliphatic heterocycles. The van der Waals surface area contributed by atoms with Crippen LogP contribution in [0, 0.1) is 17.2 Å². The van der Waals surface area contributed by atoms with Gasteiger partial charge < -0.3 is 4.74 Å². The standard InChI is InChI=1S/C14H28N2O/c1-5-9-16-14(4,12-15)8-10-17-11-13(6-2)7-3/h13,16H,5-11H2,1-4H3. The van der Waals surface area contributed by atoms with Crippen LogP contribution in [0.3, 0.4) is 0 Å². The van der Waals surface area contributed by atoms with Crippen molar-refractivity contribution < 1.29 is 4.74 Å². The Hall–Kier alpha value is -0.590. The van der Waals surface area contributed by atoms with E-state index in [1.165, 1.54) is 12.8 Å². The molecule has 1 N–H and O–H groups in total. The molecule has 0 aliphatic carbocycles. The zero-order valence-electron chi connectivity index (χ0n) is 11.9. The van der Waals surface area contributed by atoms with E-state index in [1.54, 1.807) is 0 Å². The third-order valence-corrected chi connectivity index (χ3v) is 3.27. The summed E-state index contributed by atoms with van der Waals surface area (Å²) >= 11 is 0. The summed E-state index contributed by atoms with van der Waals surface area (Å²) in [6, 6.07) is 2.34. The summed E-state index contributed by atoms with van der Waals surface area (Å²) in [6.45, 7) is 10.8. The fourth-order valence-electron chi connectivity index (χ4n) is 1.64. The molecule has 0 spiro atoms. The monoisotopic (exact) mass is 240 g/mol. The van der Waals surface area contributed by atoms with Gasteiger partial charge in [0.15, 0.2) is 0 Å². The molecule has 0 rings (SSSR count). The van der Waals surface area contributed by atoms with Gasteiger partial charge in [0.25, 0.3) is 0 Å². The lowest BCUT2D eigenvalue weighted by Crippen LogP contribution is -2.42. The summed E-state index contributed by atoms with van der Waals surface area (Å²) in [5.41, 5.74) is -0.441. The Balaban J connectivity index is 3.80. The Bertz CT molecular complexity index is 221. The predicted octanol–water partition coefficient (Wildman–Crippen LogP) is 3.11. The molecule has 0 saturated carbocycles. The van der Waals surface area contributed by atoms with Crippen LogP contribution in [-0.2, 0) is 4.74 Å². The van der Waals surface area contributed by atoms with Gasteiger partial charge in [0.05, 0.1) is 6.07 Å². The lowest BCUT2D eigenvalue weighted by molar-refractivity contribution is 0.0848. The highest BCUT2D eigenvalue weighted by Gasteiger charge is 2.22. The summed E-state index contributed by atoms with van der Waals surface area (Å²) in [7, 11) is 0. The molecule has 0 saturated heterocycles. The molecular weight excluding hydrogens is 212 g/mol. The van der Waals surface area contributed by atoms with E-state index in [0.29, 0.717) is 12.5 Å². The topological polar surface area (TPSA) is 45.0 Å². The molecule has 0 radical (unpaired) electrons. The van der Waals surface area contributed by atoms with Crippen molar-refractivity contribution in [1.29, 1.82) is 5.26 Å². The Morgan fingerprint density at radius 1 is 1.29 bits per heavy atom. The number of nitriles is 1. The molecule has 0 aliphatic rings. The van der Waals surface area contributed by atoms with Gasteiger partial charge in [0, 0.05) is 19.6 Å². The second-order valence-corrected chi connectivity index (χ2v) is 4.88. The maximum absolute atomic E-state index is 9.14. The molecule has 1 unspecified atom stereocenters. The zero-order chi connectivity index (χ0) is 13.1. The molecule has 100 valence electrons. The van der Waals surface area contributed by atoms with Crippen molar-refractivity contribution in [2.45, 2.75) is 58.9 Å². The van der Waals surface area contributed by atoms with E-state index in [-0.39, 0.29) is 0 Å². The van der Waals surface area contributed by atoms with Crippen LogP contribution in [0.1, 0.15) is 53.4 Å². The van der Waals surface area contributed by atoms with E-state index in [0.717, 1.165) is 26.0 Å². The molecule has 17 heavy (non-hydrogen) atoms. The van der Waals surface area contributed by atoms with E-state index in [1.807, 2.05) is 6.92 Å². The van der Waals surface area contributed by atoms with Crippen LogP contribution < -0.4 is 5.32 Å². The summed E-state index contributed by atoms with van der Waals surface area (Å²) in [4.78, 5) is 0. The first-order valence-electron chi connectivity index (χ1n) is 6.85. The molecule has 3 nitrogen and oxygen atoms in total. The van der Waals surface area contributed by atoms with Crippen molar-refractivity contribution >= 4 is 0 Å². The first-order valence-corrected chi connectivity index (χ1v) is 6.85. The largest absolute Gasteiger partial charge is 0.381 e. The van der Waals surface area contributed by atoms with Gasteiger partial charge in [-0.2, -0.15) is 5.26 Å². The van der Waals surface area contributed by atoms with E-state index in [9.17, 15) is 0 Å². The highest BCUT2D eigenvalue weighted by Crippen LogP contribution is 2.11. The number of hydrogen-bond donors (Lipinski definition) is 1. The van der Waals surface area contributed by atoms with Crippen LogP contribution in [-0.4, -0.2) is 25.3 Å². The van der Waals surface area contributed by atoms with E-state index in [4.69, 9.17) is 10.00 Å². The highest BCUT2D eigenvalue weighted by atomic mass is 16.5. The summed E-state index contributed by atoms with van der Waals surface area (Å²) in [5, 5.41) is 12.4. The van der Waals surface area contributed by atoms with Gasteiger partial charge in [0.2, 0.25) is 0 Å². The SMILES string of the molecule is CCCNC(C)(C#N)CCOCC(CC)CC. The van der Waals surface area contributed by atoms with E-state index >= 15 is 0 Å². The molecule has 0 aromatic carbocycles.